The number of benzene rings is 2. The summed E-state index contributed by atoms with van der Waals surface area (Å²) in [5.74, 6) is 1.93. The zero-order chi connectivity index (χ0) is 31.9. The maximum atomic E-state index is 12.9. The highest BCUT2D eigenvalue weighted by atomic mass is 16.5. The molecule has 3 amide bonds. The van der Waals surface area contributed by atoms with Gasteiger partial charge in [-0.2, -0.15) is 5.26 Å². The van der Waals surface area contributed by atoms with Crippen LogP contribution in [0.1, 0.15) is 42.4 Å². The number of primary amides is 1. The molecule has 11 nitrogen and oxygen atoms in total. The number of anilines is 1. The van der Waals surface area contributed by atoms with Crippen LogP contribution in [0.15, 0.2) is 42.5 Å². The van der Waals surface area contributed by atoms with E-state index in [1.165, 1.54) is 12.8 Å². The van der Waals surface area contributed by atoms with E-state index in [4.69, 9.17) is 15.7 Å². The average molecular weight is 618 g/mol. The highest BCUT2D eigenvalue weighted by Gasteiger charge is 2.36. The van der Waals surface area contributed by atoms with Crippen molar-refractivity contribution >= 4 is 17.6 Å². The van der Waals surface area contributed by atoms with Crippen molar-refractivity contribution in [3.05, 3.63) is 59.2 Å². The van der Waals surface area contributed by atoms with Gasteiger partial charge in [0.1, 0.15) is 24.5 Å². The number of aliphatic hydroxyl groups excluding tert-OH is 1. The molecule has 2 aromatic rings. The predicted octanol–water partition coefficient (Wildman–Crippen LogP) is 2.86. The van der Waals surface area contributed by atoms with Gasteiger partial charge < -0.3 is 25.8 Å². The number of nitrogens with one attached hydrogen (secondary N) is 2. The first kappa shape index (κ1) is 32.7. The van der Waals surface area contributed by atoms with Crippen LogP contribution >= 0.6 is 0 Å². The number of amides is 3. The molecule has 4 saturated heterocycles. The van der Waals surface area contributed by atoms with Crippen LogP contribution in [0.25, 0.3) is 0 Å². The molecule has 6 rings (SSSR count). The summed E-state index contributed by atoms with van der Waals surface area (Å²) < 4.78 is 5.68. The molecular formula is C34H47N7O4. The van der Waals surface area contributed by atoms with Crippen molar-refractivity contribution in [3.63, 3.8) is 0 Å². The zero-order valence-electron chi connectivity index (χ0n) is 26.5. The maximum absolute atomic E-state index is 12.9. The monoisotopic (exact) mass is 617 g/mol. The van der Waals surface area contributed by atoms with Crippen LogP contribution in [-0.4, -0.2) is 96.4 Å². The predicted molar refractivity (Wildman–Crippen MR) is 172 cm³/mol. The van der Waals surface area contributed by atoms with Gasteiger partial charge in [0, 0.05) is 51.5 Å². The Labute approximate surface area is 266 Å². The number of para-hydroxylation sites is 1. The Morgan fingerprint density at radius 2 is 1.73 bits per heavy atom. The van der Waals surface area contributed by atoms with Gasteiger partial charge >= 0.3 is 6.03 Å². The summed E-state index contributed by atoms with van der Waals surface area (Å²) in [6.45, 7) is 10.2. The van der Waals surface area contributed by atoms with Gasteiger partial charge in [-0.05, 0) is 92.7 Å². The Morgan fingerprint density at radius 1 is 1.04 bits per heavy atom. The molecule has 4 aliphatic rings. The quantitative estimate of drug-likeness (QED) is 0.371. The Morgan fingerprint density at radius 3 is 2.36 bits per heavy atom. The molecule has 6 unspecified atom stereocenters. The third-order valence-electron chi connectivity index (χ3n) is 9.32. The Bertz CT molecular complexity index is 1320. The first-order valence-electron chi connectivity index (χ1n) is 16.1. The van der Waals surface area contributed by atoms with Crippen molar-refractivity contribution in [2.75, 3.05) is 57.7 Å². The number of aryl methyl sites for hydroxylation is 2. The first-order valence-corrected chi connectivity index (χ1v) is 16.1. The number of hydrogen-bond acceptors (Lipinski definition) is 8. The smallest absolute Gasteiger partial charge is 0.321 e. The second-order valence-corrected chi connectivity index (χ2v) is 13.2. The van der Waals surface area contributed by atoms with Crippen molar-refractivity contribution in [2.45, 2.75) is 51.7 Å². The van der Waals surface area contributed by atoms with Crippen LogP contribution in [0.4, 0.5) is 10.5 Å². The lowest BCUT2D eigenvalue weighted by Crippen LogP contribution is -2.59. The van der Waals surface area contributed by atoms with Crippen LogP contribution in [0, 0.1) is 42.9 Å². The summed E-state index contributed by atoms with van der Waals surface area (Å²) in [5.41, 5.74) is 12.0. The summed E-state index contributed by atoms with van der Waals surface area (Å²) in [6, 6.07) is 14.9. The van der Waals surface area contributed by atoms with E-state index in [9.17, 15) is 14.7 Å². The number of nitrogens with zero attached hydrogens (tertiary/aromatic N) is 4. The van der Waals surface area contributed by atoms with E-state index in [0.717, 1.165) is 68.9 Å². The molecule has 0 radical (unpaired) electrons. The fourth-order valence-electron chi connectivity index (χ4n) is 7.23. The average Bonchev–Trinajstić information content (AvgIpc) is 3.01. The minimum absolute atomic E-state index is 0.0219. The second-order valence-electron chi connectivity index (χ2n) is 13.2. The number of carbonyl (C=O) groups is 2. The van der Waals surface area contributed by atoms with E-state index in [1.54, 1.807) is 24.3 Å². The van der Waals surface area contributed by atoms with Crippen LogP contribution < -0.4 is 21.2 Å². The number of carbonyl (C=O) groups excluding carboxylic acids is 2. The highest BCUT2D eigenvalue weighted by Crippen LogP contribution is 2.30. The van der Waals surface area contributed by atoms with Crippen LogP contribution in [0.2, 0.25) is 0 Å². The number of rotatable bonds is 7. The molecule has 0 aromatic heterocycles. The van der Waals surface area contributed by atoms with Gasteiger partial charge in [-0.1, -0.05) is 18.2 Å². The van der Waals surface area contributed by atoms with Crippen LogP contribution in [0.5, 0.6) is 5.75 Å². The zero-order valence-corrected chi connectivity index (χ0v) is 26.5. The summed E-state index contributed by atoms with van der Waals surface area (Å²) in [4.78, 5) is 28.1. The van der Waals surface area contributed by atoms with E-state index >= 15 is 0 Å². The number of fused-ring (bicyclic) bond motifs is 4. The summed E-state index contributed by atoms with van der Waals surface area (Å²) in [5, 5.41) is 24.6. The number of β-amino-alcohol motifs (C(OH)–C–C–N with tert-alkyl or cyclic N) is 1. The molecule has 4 fully saturated rings. The third-order valence-corrected chi connectivity index (χ3v) is 9.32. The third kappa shape index (κ3) is 8.95. The van der Waals surface area contributed by atoms with Crippen molar-refractivity contribution in [1.29, 1.82) is 5.26 Å². The number of likely N-dealkylation sites (tertiary alicyclic amines) is 2. The number of hydrogen-bond donors (Lipinski definition) is 4. The van der Waals surface area contributed by atoms with Crippen molar-refractivity contribution in [1.82, 2.24) is 20.2 Å². The lowest BCUT2D eigenvalue weighted by molar-refractivity contribution is -0.124. The molecule has 5 N–H and O–H groups in total. The Hall–Kier alpha value is -3.69. The number of ether oxygens (including phenoxy) is 1. The van der Waals surface area contributed by atoms with Gasteiger partial charge in [0.25, 0.3) is 0 Å². The minimum Gasteiger partial charge on any atom is -0.491 e. The van der Waals surface area contributed by atoms with Gasteiger partial charge in [-0.25, -0.2) is 15.2 Å². The van der Waals surface area contributed by atoms with Crippen LogP contribution in [0.3, 0.4) is 0 Å². The van der Waals surface area contributed by atoms with Gasteiger partial charge in [0.2, 0.25) is 5.91 Å². The number of nitriles is 1. The number of hydrazine groups is 1. The van der Waals surface area contributed by atoms with Gasteiger partial charge in [-0.15, -0.1) is 0 Å². The standard InChI is InChI=1S/C26H32N4O3.C8H15N3O/c1-18-4-3-5-19(2)25(18)28-26(32)30-14-21-10-22(15-30)13-29(12-21)16-23(31)17-33-24-8-6-20(11-27)7-9-24;9-8(12)7-4-6-2-1-3-11(5-6)10-7/h3-9,21-23,31H,10,12-17H2,1-2H3,(H,28,32);6-7,10H,1-5H2,(H2,9,12). The molecule has 4 aliphatic heterocycles. The van der Waals surface area contributed by atoms with Crippen molar-refractivity contribution in [2.24, 2.45) is 23.5 Å². The normalized spacial score (nSPS) is 26.4. The molecule has 0 saturated carbocycles. The lowest BCUT2D eigenvalue weighted by Gasteiger charge is -2.46. The van der Waals surface area contributed by atoms with E-state index < -0.39 is 6.10 Å². The van der Waals surface area contributed by atoms with E-state index in [-0.39, 0.29) is 24.6 Å². The van der Waals surface area contributed by atoms with Crippen molar-refractivity contribution < 1.29 is 19.4 Å². The topological polar surface area (TPSA) is 147 Å². The summed E-state index contributed by atoms with van der Waals surface area (Å²) in [6.07, 6.45) is 3.95. The fourth-order valence-corrected chi connectivity index (χ4v) is 7.23. The van der Waals surface area contributed by atoms with E-state index in [0.29, 0.717) is 35.6 Å². The van der Waals surface area contributed by atoms with E-state index in [1.807, 2.05) is 36.9 Å². The molecule has 6 atom stereocenters. The molecular weight excluding hydrogens is 570 g/mol. The SMILES string of the molecule is Cc1cccc(C)c1NC(=O)N1CC2CC(CN(CC(O)COc3ccc(C#N)cc3)C2)C1.NC(=O)C1CC2CCCN(C2)N1. The van der Waals surface area contributed by atoms with Gasteiger partial charge in [-0.3, -0.25) is 9.69 Å². The van der Waals surface area contributed by atoms with Gasteiger partial charge in [0.05, 0.1) is 11.6 Å². The van der Waals surface area contributed by atoms with Crippen molar-refractivity contribution in [3.8, 4) is 11.8 Å². The maximum Gasteiger partial charge on any atom is 0.321 e. The first-order chi connectivity index (χ1) is 21.7. The molecule has 11 heteroatoms. The largest absolute Gasteiger partial charge is 0.491 e. The summed E-state index contributed by atoms with van der Waals surface area (Å²) >= 11 is 0. The Balaban J connectivity index is 0.000000277. The fraction of sp³-hybridized carbons (Fsp3) is 0.559. The molecule has 2 aromatic carbocycles. The van der Waals surface area contributed by atoms with E-state index in [2.05, 4.69) is 26.7 Å². The highest BCUT2D eigenvalue weighted by molar-refractivity contribution is 5.91. The number of piperidine rings is 3. The summed E-state index contributed by atoms with van der Waals surface area (Å²) in [7, 11) is 0. The van der Waals surface area contributed by atoms with Crippen LogP contribution in [-0.2, 0) is 4.79 Å². The molecule has 0 spiro atoms. The second kappa shape index (κ2) is 15.1. The lowest BCUT2D eigenvalue weighted by atomic mass is 9.84. The number of aliphatic hydroxyl groups is 1. The molecule has 45 heavy (non-hydrogen) atoms. The molecule has 242 valence electrons. The molecule has 4 bridgehead atoms. The number of nitrogens with two attached hydrogens (primary N) is 1. The minimum atomic E-state index is -0.595. The molecule has 4 heterocycles. The number of urea groups is 1. The van der Waals surface area contributed by atoms with Gasteiger partial charge in [0.15, 0.2) is 0 Å². The molecule has 0 aliphatic carbocycles. The Kier molecular flexibility index (Phi) is 10.9.